The highest BCUT2D eigenvalue weighted by molar-refractivity contribution is 5.94. The van der Waals surface area contributed by atoms with Gasteiger partial charge in [0.05, 0.1) is 5.56 Å². The van der Waals surface area contributed by atoms with E-state index in [1.807, 2.05) is 44.2 Å². The third-order valence-electron chi connectivity index (χ3n) is 3.08. The largest absolute Gasteiger partial charge is 0.492 e. The van der Waals surface area contributed by atoms with Crippen LogP contribution in [0.1, 0.15) is 21.5 Å². The van der Waals surface area contributed by atoms with E-state index in [9.17, 15) is 9.90 Å². The van der Waals surface area contributed by atoms with Crippen LogP contribution < -0.4 is 10.1 Å². The minimum absolute atomic E-state index is 0.283. The number of hydrogen-bond donors (Lipinski definition) is 2. The summed E-state index contributed by atoms with van der Waals surface area (Å²) >= 11 is 0. The summed E-state index contributed by atoms with van der Waals surface area (Å²) in [7, 11) is 0. The molecule has 0 amide bonds. The highest BCUT2D eigenvalue weighted by atomic mass is 16.5. The van der Waals surface area contributed by atoms with E-state index in [4.69, 9.17) is 4.74 Å². The minimum atomic E-state index is -0.930. The molecule has 4 heteroatoms. The summed E-state index contributed by atoms with van der Waals surface area (Å²) < 4.78 is 5.62. The summed E-state index contributed by atoms with van der Waals surface area (Å²) in [6.07, 6.45) is 0. The van der Waals surface area contributed by atoms with Gasteiger partial charge in [0.15, 0.2) is 0 Å². The van der Waals surface area contributed by atoms with E-state index >= 15 is 0 Å². The molecular formula is C17H19NO3. The molecule has 4 nitrogen and oxygen atoms in total. The van der Waals surface area contributed by atoms with Crippen molar-refractivity contribution < 1.29 is 14.6 Å². The van der Waals surface area contributed by atoms with Crippen molar-refractivity contribution >= 4 is 11.7 Å². The fourth-order valence-electron chi connectivity index (χ4n) is 2.05. The Bertz CT molecular complexity index is 638. The van der Waals surface area contributed by atoms with Crippen LogP contribution in [0.5, 0.6) is 5.75 Å². The molecule has 0 aliphatic heterocycles. The van der Waals surface area contributed by atoms with Crippen LogP contribution in [-0.4, -0.2) is 24.2 Å². The number of aryl methyl sites for hydroxylation is 2. The summed E-state index contributed by atoms with van der Waals surface area (Å²) in [5.74, 6) is -0.111. The minimum Gasteiger partial charge on any atom is -0.492 e. The second-order valence-corrected chi connectivity index (χ2v) is 4.95. The van der Waals surface area contributed by atoms with Crippen molar-refractivity contribution in [2.45, 2.75) is 13.8 Å². The topological polar surface area (TPSA) is 58.6 Å². The van der Waals surface area contributed by atoms with E-state index in [2.05, 4.69) is 5.32 Å². The molecule has 0 saturated heterocycles. The average Bonchev–Trinajstić information content (AvgIpc) is 2.44. The lowest BCUT2D eigenvalue weighted by atomic mass is 10.1. The number of aromatic carboxylic acids is 1. The smallest absolute Gasteiger partial charge is 0.337 e. The Labute approximate surface area is 124 Å². The number of ether oxygens (including phenoxy) is 1. The zero-order chi connectivity index (χ0) is 15.2. The molecule has 0 aliphatic carbocycles. The van der Waals surface area contributed by atoms with Gasteiger partial charge in [-0.05, 0) is 43.7 Å². The molecule has 0 heterocycles. The number of anilines is 1. The molecule has 2 rings (SSSR count). The normalized spacial score (nSPS) is 10.2. The molecular weight excluding hydrogens is 266 g/mol. The number of benzene rings is 2. The summed E-state index contributed by atoms with van der Waals surface area (Å²) in [6.45, 7) is 4.89. The van der Waals surface area contributed by atoms with Gasteiger partial charge >= 0.3 is 5.97 Å². The molecule has 0 atom stereocenters. The first-order chi connectivity index (χ1) is 10.1. The molecule has 0 spiro atoms. The van der Waals surface area contributed by atoms with Gasteiger partial charge in [-0.15, -0.1) is 0 Å². The molecule has 0 saturated carbocycles. The number of nitrogens with one attached hydrogen (secondary N) is 1. The van der Waals surface area contributed by atoms with E-state index in [-0.39, 0.29) is 5.56 Å². The van der Waals surface area contributed by atoms with Crippen LogP contribution in [0.25, 0.3) is 0 Å². The van der Waals surface area contributed by atoms with Crippen LogP contribution in [0.4, 0.5) is 5.69 Å². The van der Waals surface area contributed by atoms with Gasteiger partial charge in [-0.25, -0.2) is 4.79 Å². The third-order valence-corrected chi connectivity index (χ3v) is 3.08. The maximum atomic E-state index is 11.2. The van der Waals surface area contributed by atoms with Gasteiger partial charge in [-0.3, -0.25) is 0 Å². The summed E-state index contributed by atoms with van der Waals surface area (Å²) in [5, 5.41) is 12.3. The Morgan fingerprint density at radius 3 is 2.62 bits per heavy atom. The Kier molecular flexibility index (Phi) is 4.82. The zero-order valence-electron chi connectivity index (χ0n) is 12.2. The van der Waals surface area contributed by atoms with Crippen LogP contribution in [-0.2, 0) is 0 Å². The van der Waals surface area contributed by atoms with Gasteiger partial charge in [-0.1, -0.05) is 23.8 Å². The van der Waals surface area contributed by atoms with Gasteiger partial charge in [0.2, 0.25) is 0 Å². The molecule has 110 valence electrons. The predicted octanol–water partition coefficient (Wildman–Crippen LogP) is 3.49. The fourth-order valence-corrected chi connectivity index (χ4v) is 2.05. The molecule has 0 radical (unpaired) electrons. The van der Waals surface area contributed by atoms with Crippen LogP contribution in [0.3, 0.4) is 0 Å². The highest BCUT2D eigenvalue weighted by Gasteiger charge is 2.09. The second kappa shape index (κ2) is 6.79. The molecule has 2 N–H and O–H groups in total. The van der Waals surface area contributed by atoms with Crippen molar-refractivity contribution in [2.24, 2.45) is 0 Å². The number of carboxylic acid groups (broad SMARTS) is 1. The van der Waals surface area contributed by atoms with Crippen molar-refractivity contribution in [3.05, 3.63) is 59.2 Å². The van der Waals surface area contributed by atoms with E-state index in [1.165, 1.54) is 0 Å². The standard InChI is InChI=1S/C17H19NO3/c1-12-4-3-5-14(10-12)21-9-8-18-16-7-6-13(2)11-15(16)17(19)20/h3-7,10-11,18H,8-9H2,1-2H3,(H,19,20). The summed E-state index contributed by atoms with van der Waals surface area (Å²) in [6, 6.07) is 13.2. The molecule has 0 unspecified atom stereocenters. The van der Waals surface area contributed by atoms with E-state index in [0.717, 1.165) is 16.9 Å². The molecule has 0 aliphatic rings. The summed E-state index contributed by atoms with van der Waals surface area (Å²) in [5.41, 5.74) is 2.97. The Balaban J connectivity index is 1.90. The van der Waals surface area contributed by atoms with Gasteiger partial charge < -0.3 is 15.2 Å². The predicted molar refractivity (Wildman–Crippen MR) is 83.3 cm³/mol. The lowest BCUT2D eigenvalue weighted by Crippen LogP contribution is -2.14. The van der Waals surface area contributed by atoms with Gasteiger partial charge in [0.25, 0.3) is 0 Å². The fraction of sp³-hybridized carbons (Fsp3) is 0.235. The van der Waals surface area contributed by atoms with Crippen molar-refractivity contribution in [2.75, 3.05) is 18.5 Å². The third kappa shape index (κ3) is 4.24. The van der Waals surface area contributed by atoms with Crippen molar-refractivity contribution in [3.63, 3.8) is 0 Å². The average molecular weight is 285 g/mol. The zero-order valence-corrected chi connectivity index (χ0v) is 12.2. The Morgan fingerprint density at radius 1 is 1.14 bits per heavy atom. The Morgan fingerprint density at radius 2 is 1.90 bits per heavy atom. The van der Waals surface area contributed by atoms with Crippen molar-refractivity contribution in [1.29, 1.82) is 0 Å². The number of carboxylic acids is 1. The van der Waals surface area contributed by atoms with Crippen LogP contribution in [0.2, 0.25) is 0 Å². The molecule has 0 aromatic heterocycles. The maximum Gasteiger partial charge on any atom is 0.337 e. The number of carbonyl (C=O) groups is 1. The second-order valence-electron chi connectivity index (χ2n) is 4.95. The van der Waals surface area contributed by atoms with Crippen molar-refractivity contribution in [1.82, 2.24) is 0 Å². The summed E-state index contributed by atoms with van der Waals surface area (Å²) in [4.78, 5) is 11.2. The molecule has 2 aromatic carbocycles. The van der Waals surface area contributed by atoms with E-state index in [0.29, 0.717) is 18.8 Å². The van der Waals surface area contributed by atoms with Gasteiger partial charge in [0, 0.05) is 12.2 Å². The van der Waals surface area contributed by atoms with Crippen LogP contribution >= 0.6 is 0 Å². The molecule has 21 heavy (non-hydrogen) atoms. The number of hydrogen-bond acceptors (Lipinski definition) is 3. The Hall–Kier alpha value is -2.49. The lowest BCUT2D eigenvalue weighted by Gasteiger charge is -2.11. The molecule has 0 fully saturated rings. The monoisotopic (exact) mass is 285 g/mol. The van der Waals surface area contributed by atoms with Gasteiger partial charge in [0.1, 0.15) is 12.4 Å². The van der Waals surface area contributed by atoms with Crippen molar-refractivity contribution in [3.8, 4) is 5.75 Å². The molecule has 0 bridgehead atoms. The first-order valence-corrected chi connectivity index (χ1v) is 6.83. The van der Waals surface area contributed by atoms with E-state index < -0.39 is 5.97 Å². The first kappa shape index (κ1) is 14.9. The maximum absolute atomic E-state index is 11.2. The highest BCUT2D eigenvalue weighted by Crippen LogP contribution is 2.17. The number of rotatable bonds is 6. The lowest BCUT2D eigenvalue weighted by molar-refractivity contribution is 0.0698. The SMILES string of the molecule is Cc1cccc(OCCNc2ccc(C)cc2C(=O)O)c1. The quantitative estimate of drug-likeness (QED) is 0.798. The van der Waals surface area contributed by atoms with Gasteiger partial charge in [-0.2, -0.15) is 0 Å². The van der Waals surface area contributed by atoms with Crippen LogP contribution in [0, 0.1) is 13.8 Å². The van der Waals surface area contributed by atoms with Crippen LogP contribution in [0.15, 0.2) is 42.5 Å². The first-order valence-electron chi connectivity index (χ1n) is 6.83. The molecule has 2 aromatic rings. The van der Waals surface area contributed by atoms with E-state index in [1.54, 1.807) is 12.1 Å².